The van der Waals surface area contributed by atoms with E-state index in [9.17, 15) is 4.79 Å². The molecule has 1 aromatic rings. The topological polar surface area (TPSA) is 52.3 Å². The lowest BCUT2D eigenvalue weighted by atomic mass is 9.70. The molecule has 2 N–H and O–H groups in total. The van der Waals surface area contributed by atoms with Crippen LogP contribution in [0.3, 0.4) is 0 Å². The molecule has 0 saturated heterocycles. The molecule has 0 radical (unpaired) electrons. The van der Waals surface area contributed by atoms with E-state index in [1.165, 1.54) is 5.56 Å². The molecule has 1 heterocycles. The van der Waals surface area contributed by atoms with Gasteiger partial charge in [0.2, 0.25) is 0 Å². The molecule has 0 amide bonds. The largest absolute Gasteiger partial charge is 0.492 e. The second-order valence-corrected chi connectivity index (χ2v) is 4.86. The van der Waals surface area contributed by atoms with E-state index in [2.05, 4.69) is 0 Å². The Morgan fingerprint density at radius 2 is 2.00 bits per heavy atom. The SMILES string of the molecule is Nc1ccc2c(c1)C1(CCC(=O)CC1)CO2. The molecule has 1 fully saturated rings. The number of carbonyl (C=O) groups excluding carboxylic acids is 1. The Morgan fingerprint density at radius 3 is 2.75 bits per heavy atom. The van der Waals surface area contributed by atoms with Crippen LogP contribution in [0.15, 0.2) is 18.2 Å². The summed E-state index contributed by atoms with van der Waals surface area (Å²) in [4.78, 5) is 11.3. The maximum atomic E-state index is 11.3. The van der Waals surface area contributed by atoms with E-state index >= 15 is 0 Å². The molecule has 16 heavy (non-hydrogen) atoms. The van der Waals surface area contributed by atoms with Crippen LogP contribution >= 0.6 is 0 Å². The van der Waals surface area contributed by atoms with E-state index in [-0.39, 0.29) is 5.41 Å². The average Bonchev–Trinajstić information content (AvgIpc) is 2.62. The molecular formula is C13H15NO2. The van der Waals surface area contributed by atoms with Gasteiger partial charge in [0.15, 0.2) is 0 Å². The molecule has 1 aromatic carbocycles. The average molecular weight is 217 g/mol. The normalized spacial score (nSPS) is 21.9. The lowest BCUT2D eigenvalue weighted by molar-refractivity contribution is -0.121. The first-order valence-corrected chi connectivity index (χ1v) is 5.74. The van der Waals surface area contributed by atoms with Gasteiger partial charge in [0, 0.05) is 29.5 Å². The molecule has 1 saturated carbocycles. The minimum absolute atomic E-state index is 0.0542. The Morgan fingerprint density at radius 1 is 1.25 bits per heavy atom. The van der Waals surface area contributed by atoms with Crippen molar-refractivity contribution >= 4 is 11.5 Å². The molecule has 0 aromatic heterocycles. The predicted octanol–water partition coefficient (Wildman–Crippen LogP) is 2.04. The Balaban J connectivity index is 2.01. The summed E-state index contributed by atoms with van der Waals surface area (Å²) in [6, 6.07) is 5.82. The summed E-state index contributed by atoms with van der Waals surface area (Å²) in [5.74, 6) is 1.33. The Bertz CT molecular complexity index is 443. The predicted molar refractivity (Wildman–Crippen MR) is 61.5 cm³/mol. The van der Waals surface area contributed by atoms with Gasteiger partial charge < -0.3 is 10.5 Å². The number of Topliss-reactive ketones (excluding diaryl/α,β-unsaturated/α-hetero) is 1. The Kier molecular flexibility index (Phi) is 1.96. The van der Waals surface area contributed by atoms with Crippen LogP contribution in [0.2, 0.25) is 0 Å². The number of anilines is 1. The smallest absolute Gasteiger partial charge is 0.132 e. The monoisotopic (exact) mass is 217 g/mol. The number of hydrogen-bond acceptors (Lipinski definition) is 3. The zero-order valence-corrected chi connectivity index (χ0v) is 9.16. The highest BCUT2D eigenvalue weighted by atomic mass is 16.5. The highest BCUT2D eigenvalue weighted by Gasteiger charge is 2.43. The molecule has 1 aliphatic carbocycles. The summed E-state index contributed by atoms with van der Waals surface area (Å²) in [5, 5.41) is 0. The van der Waals surface area contributed by atoms with Crippen LogP contribution in [0.4, 0.5) is 5.69 Å². The van der Waals surface area contributed by atoms with Gasteiger partial charge in [-0.05, 0) is 31.0 Å². The van der Waals surface area contributed by atoms with Crippen molar-refractivity contribution in [2.24, 2.45) is 0 Å². The van der Waals surface area contributed by atoms with Gasteiger partial charge in [-0.3, -0.25) is 4.79 Å². The van der Waals surface area contributed by atoms with Gasteiger partial charge in [0.05, 0.1) is 6.61 Å². The van der Waals surface area contributed by atoms with E-state index in [4.69, 9.17) is 10.5 Å². The molecular weight excluding hydrogens is 202 g/mol. The van der Waals surface area contributed by atoms with E-state index in [0.29, 0.717) is 25.2 Å². The van der Waals surface area contributed by atoms with Crippen molar-refractivity contribution in [1.29, 1.82) is 0 Å². The van der Waals surface area contributed by atoms with E-state index in [1.54, 1.807) is 0 Å². The van der Waals surface area contributed by atoms with Gasteiger partial charge in [-0.15, -0.1) is 0 Å². The number of nitrogens with two attached hydrogens (primary N) is 1. The number of benzene rings is 1. The molecule has 0 bridgehead atoms. The van der Waals surface area contributed by atoms with E-state index in [0.717, 1.165) is 24.3 Å². The zero-order chi connectivity index (χ0) is 11.2. The van der Waals surface area contributed by atoms with Gasteiger partial charge in [-0.1, -0.05) is 0 Å². The van der Waals surface area contributed by atoms with Crippen LogP contribution in [0.25, 0.3) is 0 Å². The van der Waals surface area contributed by atoms with Crippen LogP contribution in [0, 0.1) is 0 Å². The summed E-state index contributed by atoms with van der Waals surface area (Å²) < 4.78 is 5.72. The van der Waals surface area contributed by atoms with E-state index in [1.807, 2.05) is 18.2 Å². The first-order chi connectivity index (χ1) is 7.70. The summed E-state index contributed by atoms with van der Waals surface area (Å²) in [5.41, 5.74) is 7.87. The second-order valence-electron chi connectivity index (χ2n) is 4.86. The van der Waals surface area contributed by atoms with Gasteiger partial charge in [-0.2, -0.15) is 0 Å². The Hall–Kier alpha value is -1.51. The molecule has 3 heteroatoms. The number of fused-ring (bicyclic) bond motifs is 2. The zero-order valence-electron chi connectivity index (χ0n) is 9.16. The van der Waals surface area contributed by atoms with Crippen molar-refractivity contribution < 1.29 is 9.53 Å². The van der Waals surface area contributed by atoms with Crippen molar-refractivity contribution in [3.63, 3.8) is 0 Å². The summed E-state index contributed by atoms with van der Waals surface area (Å²) >= 11 is 0. The minimum Gasteiger partial charge on any atom is -0.492 e. The molecule has 84 valence electrons. The third-order valence-electron chi connectivity index (χ3n) is 3.84. The minimum atomic E-state index is 0.0542. The third-order valence-corrected chi connectivity index (χ3v) is 3.84. The van der Waals surface area contributed by atoms with Gasteiger partial charge in [-0.25, -0.2) is 0 Å². The fraction of sp³-hybridized carbons (Fsp3) is 0.462. The maximum absolute atomic E-state index is 11.3. The van der Waals surface area contributed by atoms with Crippen molar-refractivity contribution in [3.8, 4) is 5.75 Å². The van der Waals surface area contributed by atoms with Crippen molar-refractivity contribution in [2.45, 2.75) is 31.1 Å². The highest BCUT2D eigenvalue weighted by Crippen LogP contribution is 2.47. The maximum Gasteiger partial charge on any atom is 0.132 e. The van der Waals surface area contributed by atoms with Gasteiger partial charge >= 0.3 is 0 Å². The fourth-order valence-electron chi connectivity index (χ4n) is 2.80. The van der Waals surface area contributed by atoms with Gasteiger partial charge in [0.1, 0.15) is 11.5 Å². The summed E-state index contributed by atoms with van der Waals surface area (Å²) in [7, 11) is 0. The number of rotatable bonds is 0. The van der Waals surface area contributed by atoms with Crippen molar-refractivity contribution in [2.75, 3.05) is 12.3 Å². The van der Waals surface area contributed by atoms with Crippen LogP contribution in [-0.4, -0.2) is 12.4 Å². The number of carbonyl (C=O) groups is 1. The van der Waals surface area contributed by atoms with Crippen LogP contribution in [0.1, 0.15) is 31.2 Å². The Labute approximate surface area is 94.6 Å². The molecule has 0 unspecified atom stereocenters. The third kappa shape index (κ3) is 1.31. The first-order valence-electron chi connectivity index (χ1n) is 5.74. The molecule has 1 aliphatic heterocycles. The van der Waals surface area contributed by atoms with Gasteiger partial charge in [0.25, 0.3) is 0 Å². The van der Waals surface area contributed by atoms with Crippen LogP contribution in [0.5, 0.6) is 5.75 Å². The first kappa shape index (κ1) is 9.70. The number of hydrogen-bond donors (Lipinski definition) is 1. The molecule has 2 aliphatic rings. The lowest BCUT2D eigenvalue weighted by Gasteiger charge is -2.31. The van der Waals surface area contributed by atoms with Crippen molar-refractivity contribution in [3.05, 3.63) is 23.8 Å². The number of nitrogen functional groups attached to an aromatic ring is 1. The lowest BCUT2D eigenvalue weighted by Crippen LogP contribution is -2.33. The molecule has 0 atom stereocenters. The number of ether oxygens (including phenoxy) is 1. The molecule has 3 rings (SSSR count). The quantitative estimate of drug-likeness (QED) is 0.676. The van der Waals surface area contributed by atoms with Crippen molar-refractivity contribution in [1.82, 2.24) is 0 Å². The molecule has 1 spiro atoms. The number of ketones is 1. The van der Waals surface area contributed by atoms with E-state index < -0.39 is 0 Å². The van der Waals surface area contributed by atoms with Crippen LogP contribution < -0.4 is 10.5 Å². The summed E-state index contributed by atoms with van der Waals surface area (Å²) in [6.45, 7) is 0.707. The standard InChI is InChI=1S/C13H15NO2/c14-9-1-2-12-11(7-9)13(8-16-12)5-3-10(15)4-6-13/h1-2,7H,3-6,8,14H2. The molecule has 3 nitrogen and oxygen atoms in total. The van der Waals surface area contributed by atoms with Crippen LogP contribution in [-0.2, 0) is 10.2 Å². The second kappa shape index (κ2) is 3.24. The summed E-state index contributed by atoms with van der Waals surface area (Å²) in [6.07, 6.45) is 3.17. The fourth-order valence-corrected chi connectivity index (χ4v) is 2.80. The highest BCUT2D eigenvalue weighted by molar-refractivity contribution is 5.80.